The minimum Gasteiger partial charge on any atom is -0.350 e. The van der Waals surface area contributed by atoms with Gasteiger partial charge in [0.05, 0.1) is 0 Å². The third-order valence-electron chi connectivity index (χ3n) is 2.66. The molecule has 7 heteroatoms. The Kier molecular flexibility index (Phi) is 4.81. The Morgan fingerprint density at radius 1 is 1.53 bits per heavy atom. The molecule has 0 saturated carbocycles. The molecule has 2 rings (SSSR count). The van der Waals surface area contributed by atoms with Crippen LogP contribution in [0, 0.1) is 5.82 Å². The summed E-state index contributed by atoms with van der Waals surface area (Å²) in [7, 11) is 0. The third-order valence-corrected chi connectivity index (χ3v) is 4.05. The molecular weight excluding hydrogens is 335 g/mol. The number of hydrogen-bond donors (Lipinski definition) is 1. The summed E-state index contributed by atoms with van der Waals surface area (Å²) in [6.07, 6.45) is 0. The van der Waals surface area contributed by atoms with E-state index in [1.165, 1.54) is 22.7 Å². The average Bonchev–Trinajstić information content (AvgIpc) is 2.76. The Labute approximate surface area is 122 Å². The Bertz CT molecular complexity index is 513. The smallest absolute Gasteiger partial charge is 0.282 e. The normalized spacial score (nSPS) is 14.8. The van der Waals surface area contributed by atoms with Crippen LogP contribution in [0.4, 0.5) is 9.18 Å². The van der Waals surface area contributed by atoms with Gasteiger partial charge in [-0.3, -0.25) is 9.59 Å². The first-order chi connectivity index (χ1) is 9.06. The molecule has 1 aliphatic heterocycles. The van der Waals surface area contributed by atoms with E-state index in [0.29, 0.717) is 17.9 Å². The highest BCUT2D eigenvalue weighted by Crippen LogP contribution is 2.17. The molecule has 19 heavy (non-hydrogen) atoms. The van der Waals surface area contributed by atoms with Crippen molar-refractivity contribution in [1.82, 2.24) is 10.2 Å². The number of carbonyl (C=O) groups is 2. The molecule has 0 unspecified atom stereocenters. The Balaban J connectivity index is 1.86. The average molecular weight is 347 g/mol. The molecule has 2 amide bonds. The SMILES string of the molecule is O=C(CN1CCSC1=O)NCc1cc(Br)ccc1F. The predicted molar refractivity (Wildman–Crippen MR) is 75.4 cm³/mol. The molecule has 1 heterocycles. The minimum absolute atomic E-state index is 0.0292. The maximum absolute atomic E-state index is 13.4. The number of nitrogens with zero attached hydrogens (tertiary/aromatic N) is 1. The van der Waals surface area contributed by atoms with E-state index >= 15 is 0 Å². The Morgan fingerprint density at radius 2 is 2.32 bits per heavy atom. The van der Waals surface area contributed by atoms with Crippen LogP contribution in [-0.4, -0.2) is 34.9 Å². The fourth-order valence-electron chi connectivity index (χ4n) is 1.67. The van der Waals surface area contributed by atoms with E-state index < -0.39 is 0 Å². The number of hydrogen-bond acceptors (Lipinski definition) is 3. The first-order valence-corrected chi connectivity index (χ1v) is 7.46. The quantitative estimate of drug-likeness (QED) is 0.910. The topological polar surface area (TPSA) is 49.4 Å². The van der Waals surface area contributed by atoms with E-state index in [1.807, 2.05) is 0 Å². The molecule has 1 aromatic carbocycles. The van der Waals surface area contributed by atoms with Gasteiger partial charge in [0, 0.05) is 28.9 Å². The molecule has 102 valence electrons. The van der Waals surface area contributed by atoms with Gasteiger partial charge >= 0.3 is 0 Å². The monoisotopic (exact) mass is 346 g/mol. The molecule has 4 nitrogen and oxygen atoms in total. The zero-order valence-electron chi connectivity index (χ0n) is 9.99. The van der Waals surface area contributed by atoms with Gasteiger partial charge in [0.25, 0.3) is 5.24 Å². The van der Waals surface area contributed by atoms with Crippen LogP contribution in [0.15, 0.2) is 22.7 Å². The largest absolute Gasteiger partial charge is 0.350 e. The number of nitrogens with one attached hydrogen (secondary N) is 1. The van der Waals surface area contributed by atoms with Crippen LogP contribution in [0.3, 0.4) is 0 Å². The van der Waals surface area contributed by atoms with Crippen molar-refractivity contribution in [3.63, 3.8) is 0 Å². The predicted octanol–water partition coefficient (Wildman–Crippen LogP) is 2.37. The molecule has 0 bridgehead atoms. The lowest BCUT2D eigenvalue weighted by atomic mass is 10.2. The van der Waals surface area contributed by atoms with Gasteiger partial charge in [-0.25, -0.2) is 4.39 Å². The lowest BCUT2D eigenvalue weighted by molar-refractivity contribution is -0.121. The molecule has 1 saturated heterocycles. The molecule has 0 aromatic heterocycles. The van der Waals surface area contributed by atoms with Gasteiger partial charge in [-0.1, -0.05) is 27.7 Å². The zero-order valence-corrected chi connectivity index (χ0v) is 12.4. The van der Waals surface area contributed by atoms with Crippen molar-refractivity contribution in [2.24, 2.45) is 0 Å². The number of amides is 2. The van der Waals surface area contributed by atoms with E-state index in [0.717, 1.165) is 4.47 Å². The molecule has 1 N–H and O–H groups in total. The maximum Gasteiger partial charge on any atom is 0.282 e. The molecule has 0 radical (unpaired) electrons. The van der Waals surface area contributed by atoms with Crippen LogP contribution in [0.25, 0.3) is 0 Å². The number of carbonyl (C=O) groups excluding carboxylic acids is 2. The van der Waals surface area contributed by atoms with Gasteiger partial charge in [-0.2, -0.15) is 0 Å². The molecule has 1 fully saturated rings. The maximum atomic E-state index is 13.4. The van der Waals surface area contributed by atoms with Crippen molar-refractivity contribution in [3.05, 3.63) is 34.1 Å². The standard InChI is InChI=1S/C12H12BrFN2O2S/c13-9-1-2-10(14)8(5-9)6-15-11(17)7-16-3-4-19-12(16)18/h1-2,5H,3-4,6-7H2,(H,15,17). The lowest BCUT2D eigenvalue weighted by Crippen LogP contribution is -2.37. The molecular formula is C12H12BrFN2O2S. The second-order valence-electron chi connectivity index (χ2n) is 4.05. The minimum atomic E-state index is -0.365. The summed E-state index contributed by atoms with van der Waals surface area (Å²) in [5.74, 6) is 0.0679. The Hall–Kier alpha value is -1.08. The van der Waals surface area contributed by atoms with Crippen LogP contribution in [0.2, 0.25) is 0 Å². The molecule has 0 spiro atoms. The summed E-state index contributed by atoms with van der Waals surface area (Å²) in [5, 5.41) is 2.53. The molecule has 0 aliphatic carbocycles. The first-order valence-electron chi connectivity index (χ1n) is 5.68. The van der Waals surface area contributed by atoms with E-state index in [2.05, 4.69) is 21.2 Å². The van der Waals surface area contributed by atoms with Crippen LogP contribution in [0.1, 0.15) is 5.56 Å². The van der Waals surface area contributed by atoms with Crippen molar-refractivity contribution >= 4 is 38.8 Å². The van der Waals surface area contributed by atoms with Crippen LogP contribution >= 0.6 is 27.7 Å². The highest BCUT2D eigenvalue weighted by molar-refractivity contribution is 9.10. The van der Waals surface area contributed by atoms with Crippen molar-refractivity contribution in [3.8, 4) is 0 Å². The zero-order chi connectivity index (χ0) is 13.8. The van der Waals surface area contributed by atoms with Gasteiger partial charge in [0.2, 0.25) is 5.91 Å². The van der Waals surface area contributed by atoms with Gasteiger partial charge in [0.15, 0.2) is 0 Å². The number of rotatable bonds is 4. The van der Waals surface area contributed by atoms with E-state index in [-0.39, 0.29) is 30.1 Å². The lowest BCUT2D eigenvalue weighted by Gasteiger charge is -2.14. The highest BCUT2D eigenvalue weighted by atomic mass is 79.9. The van der Waals surface area contributed by atoms with Crippen molar-refractivity contribution in [1.29, 1.82) is 0 Å². The summed E-state index contributed by atoms with van der Waals surface area (Å²) in [6, 6.07) is 4.56. The summed E-state index contributed by atoms with van der Waals surface area (Å²) >= 11 is 4.45. The third kappa shape index (κ3) is 3.94. The summed E-state index contributed by atoms with van der Waals surface area (Å²) in [4.78, 5) is 24.5. The van der Waals surface area contributed by atoms with Crippen molar-refractivity contribution in [2.45, 2.75) is 6.54 Å². The number of halogens is 2. The highest BCUT2D eigenvalue weighted by Gasteiger charge is 2.23. The van der Waals surface area contributed by atoms with Gasteiger partial charge < -0.3 is 10.2 Å². The van der Waals surface area contributed by atoms with Crippen LogP contribution in [0.5, 0.6) is 0 Å². The Morgan fingerprint density at radius 3 is 3.00 bits per heavy atom. The van der Waals surface area contributed by atoms with Gasteiger partial charge in [-0.15, -0.1) is 0 Å². The van der Waals surface area contributed by atoms with Gasteiger partial charge in [-0.05, 0) is 18.2 Å². The van der Waals surface area contributed by atoms with Crippen LogP contribution in [-0.2, 0) is 11.3 Å². The summed E-state index contributed by atoms with van der Waals surface area (Å²) < 4.78 is 14.2. The van der Waals surface area contributed by atoms with Crippen molar-refractivity contribution in [2.75, 3.05) is 18.8 Å². The van der Waals surface area contributed by atoms with Gasteiger partial charge in [0.1, 0.15) is 12.4 Å². The number of thioether (sulfide) groups is 1. The van der Waals surface area contributed by atoms with E-state index in [4.69, 9.17) is 0 Å². The van der Waals surface area contributed by atoms with Crippen molar-refractivity contribution < 1.29 is 14.0 Å². The van der Waals surface area contributed by atoms with E-state index in [9.17, 15) is 14.0 Å². The fourth-order valence-corrected chi connectivity index (χ4v) is 2.90. The molecule has 1 aromatic rings. The number of benzene rings is 1. The molecule has 0 atom stereocenters. The summed E-state index contributed by atoms with van der Waals surface area (Å²) in [6.45, 7) is 0.725. The second-order valence-corrected chi connectivity index (χ2v) is 6.01. The first kappa shape index (κ1) is 14.3. The molecule has 1 aliphatic rings. The van der Waals surface area contributed by atoms with E-state index in [1.54, 1.807) is 12.1 Å². The summed E-state index contributed by atoms with van der Waals surface area (Å²) in [5.41, 5.74) is 0.407. The van der Waals surface area contributed by atoms with Crippen LogP contribution < -0.4 is 5.32 Å². The second kappa shape index (κ2) is 6.38. The fraction of sp³-hybridized carbons (Fsp3) is 0.333.